The van der Waals surface area contributed by atoms with Gasteiger partial charge < -0.3 is 5.32 Å². The lowest BCUT2D eigenvalue weighted by Crippen LogP contribution is -2.23. The molecule has 2 bridgehead atoms. The second-order valence-electron chi connectivity index (χ2n) is 5.20. The molecule has 2 aliphatic rings. The van der Waals surface area contributed by atoms with Crippen LogP contribution < -0.4 is 5.32 Å². The molecule has 0 amide bonds. The summed E-state index contributed by atoms with van der Waals surface area (Å²) < 4.78 is 0. The third-order valence-electron chi connectivity index (χ3n) is 4.35. The van der Waals surface area contributed by atoms with Gasteiger partial charge in [-0.2, -0.15) is 0 Å². The third-order valence-corrected chi connectivity index (χ3v) is 4.35. The Kier molecular flexibility index (Phi) is 2.92. The Morgan fingerprint density at radius 3 is 2.69 bits per heavy atom. The Hall–Kier alpha value is -0.0400. The molecule has 0 heterocycles. The molecule has 2 aliphatic carbocycles. The molecule has 2 fully saturated rings. The lowest BCUT2D eigenvalue weighted by Gasteiger charge is -2.22. The Labute approximate surface area is 82.3 Å². The van der Waals surface area contributed by atoms with Crippen LogP contribution in [-0.4, -0.2) is 13.1 Å². The molecule has 0 spiro atoms. The van der Waals surface area contributed by atoms with Crippen molar-refractivity contribution in [1.29, 1.82) is 0 Å². The molecule has 2 rings (SSSR count). The number of hydrogen-bond donors (Lipinski definition) is 1. The zero-order chi connectivity index (χ0) is 9.26. The van der Waals surface area contributed by atoms with E-state index in [0.717, 1.165) is 23.8 Å². The van der Waals surface area contributed by atoms with Gasteiger partial charge in [0.1, 0.15) is 0 Å². The van der Waals surface area contributed by atoms with Crippen molar-refractivity contribution in [1.82, 2.24) is 5.32 Å². The minimum atomic E-state index is 0.721. The van der Waals surface area contributed by atoms with Crippen LogP contribution in [0.3, 0.4) is 0 Å². The summed E-state index contributed by atoms with van der Waals surface area (Å²) in [5.41, 5.74) is 0. The zero-order valence-corrected chi connectivity index (χ0v) is 9.05. The van der Waals surface area contributed by atoms with Gasteiger partial charge in [-0.3, -0.25) is 0 Å². The molecule has 1 N–H and O–H groups in total. The van der Waals surface area contributed by atoms with Crippen LogP contribution in [0.4, 0.5) is 0 Å². The normalized spacial score (nSPS) is 39.7. The van der Waals surface area contributed by atoms with E-state index in [0.29, 0.717) is 0 Å². The molecule has 1 nitrogen and oxygen atoms in total. The SMILES string of the molecule is CNC(C)CCC1CC2CCC1C2. The van der Waals surface area contributed by atoms with Gasteiger partial charge in [0.15, 0.2) is 0 Å². The van der Waals surface area contributed by atoms with Gasteiger partial charge in [0.2, 0.25) is 0 Å². The Bertz CT molecular complexity index is 167. The highest BCUT2D eigenvalue weighted by Crippen LogP contribution is 2.49. The van der Waals surface area contributed by atoms with Crippen molar-refractivity contribution in [2.45, 2.75) is 51.5 Å². The van der Waals surface area contributed by atoms with Crippen molar-refractivity contribution in [3.05, 3.63) is 0 Å². The molecular weight excluding hydrogens is 158 g/mol. The molecule has 0 saturated heterocycles. The second-order valence-corrected chi connectivity index (χ2v) is 5.20. The lowest BCUT2D eigenvalue weighted by atomic mass is 9.85. The Morgan fingerprint density at radius 1 is 1.31 bits per heavy atom. The standard InChI is InChI=1S/C12H23N/c1-9(13-2)3-5-11-7-10-4-6-12(11)8-10/h9-13H,3-8H2,1-2H3. The highest BCUT2D eigenvalue weighted by Gasteiger charge is 2.38. The van der Waals surface area contributed by atoms with Crippen molar-refractivity contribution in [2.24, 2.45) is 17.8 Å². The number of nitrogens with one attached hydrogen (secondary N) is 1. The molecule has 1 heteroatoms. The average molecular weight is 181 g/mol. The fourth-order valence-electron chi connectivity index (χ4n) is 3.34. The van der Waals surface area contributed by atoms with Crippen LogP contribution in [0.1, 0.15) is 45.4 Å². The molecule has 4 atom stereocenters. The van der Waals surface area contributed by atoms with Gasteiger partial charge in [-0.25, -0.2) is 0 Å². The minimum Gasteiger partial charge on any atom is -0.317 e. The molecule has 2 saturated carbocycles. The first kappa shape index (κ1) is 9.51. The summed E-state index contributed by atoms with van der Waals surface area (Å²) in [5, 5.41) is 3.33. The summed E-state index contributed by atoms with van der Waals surface area (Å²) in [7, 11) is 2.07. The highest BCUT2D eigenvalue weighted by atomic mass is 14.8. The topological polar surface area (TPSA) is 12.0 Å². The highest BCUT2D eigenvalue weighted by molar-refractivity contribution is 4.90. The van der Waals surface area contributed by atoms with Crippen LogP contribution in [-0.2, 0) is 0 Å². The maximum atomic E-state index is 3.33. The van der Waals surface area contributed by atoms with E-state index in [4.69, 9.17) is 0 Å². The monoisotopic (exact) mass is 181 g/mol. The van der Waals surface area contributed by atoms with E-state index >= 15 is 0 Å². The van der Waals surface area contributed by atoms with Crippen molar-refractivity contribution in [3.8, 4) is 0 Å². The van der Waals surface area contributed by atoms with Gasteiger partial charge in [0, 0.05) is 6.04 Å². The maximum Gasteiger partial charge on any atom is 0.00358 e. The van der Waals surface area contributed by atoms with Gasteiger partial charge in [-0.1, -0.05) is 6.42 Å². The molecule has 0 aromatic heterocycles. The molecule has 0 aromatic rings. The summed E-state index contributed by atoms with van der Waals surface area (Å²) in [4.78, 5) is 0. The van der Waals surface area contributed by atoms with Crippen LogP contribution in [0.2, 0.25) is 0 Å². The van der Waals surface area contributed by atoms with E-state index in [2.05, 4.69) is 19.3 Å². The molecular formula is C12H23N. The van der Waals surface area contributed by atoms with Crippen molar-refractivity contribution in [2.75, 3.05) is 7.05 Å². The molecule has 0 radical (unpaired) electrons. The third kappa shape index (κ3) is 2.07. The van der Waals surface area contributed by atoms with Crippen LogP contribution in [0.25, 0.3) is 0 Å². The predicted molar refractivity (Wildman–Crippen MR) is 56.7 cm³/mol. The van der Waals surface area contributed by atoms with Gasteiger partial charge in [-0.05, 0) is 63.8 Å². The van der Waals surface area contributed by atoms with E-state index in [9.17, 15) is 0 Å². The molecule has 76 valence electrons. The number of hydrogen-bond acceptors (Lipinski definition) is 1. The average Bonchev–Trinajstić information content (AvgIpc) is 2.74. The van der Waals surface area contributed by atoms with Gasteiger partial charge in [0.05, 0.1) is 0 Å². The maximum absolute atomic E-state index is 3.33. The quantitative estimate of drug-likeness (QED) is 0.703. The largest absolute Gasteiger partial charge is 0.317 e. The van der Waals surface area contributed by atoms with E-state index in [1.54, 1.807) is 25.7 Å². The summed E-state index contributed by atoms with van der Waals surface area (Å²) in [6, 6.07) is 0.721. The fourth-order valence-corrected chi connectivity index (χ4v) is 3.34. The minimum absolute atomic E-state index is 0.721. The molecule has 0 aromatic carbocycles. The fraction of sp³-hybridized carbons (Fsp3) is 1.00. The zero-order valence-electron chi connectivity index (χ0n) is 9.05. The first-order valence-corrected chi connectivity index (χ1v) is 5.97. The summed E-state index contributed by atoms with van der Waals surface area (Å²) in [6.07, 6.45) is 9.07. The van der Waals surface area contributed by atoms with Crippen LogP contribution in [0, 0.1) is 17.8 Å². The number of rotatable bonds is 4. The Morgan fingerprint density at radius 2 is 2.15 bits per heavy atom. The van der Waals surface area contributed by atoms with Crippen molar-refractivity contribution in [3.63, 3.8) is 0 Å². The molecule has 4 unspecified atom stereocenters. The predicted octanol–water partition coefficient (Wildman–Crippen LogP) is 2.81. The van der Waals surface area contributed by atoms with E-state index in [1.807, 2.05) is 0 Å². The first-order chi connectivity index (χ1) is 6.29. The van der Waals surface area contributed by atoms with Crippen LogP contribution >= 0.6 is 0 Å². The molecule has 13 heavy (non-hydrogen) atoms. The van der Waals surface area contributed by atoms with Crippen molar-refractivity contribution < 1.29 is 0 Å². The Balaban J connectivity index is 1.71. The first-order valence-electron chi connectivity index (χ1n) is 5.97. The smallest absolute Gasteiger partial charge is 0.00358 e. The van der Waals surface area contributed by atoms with Gasteiger partial charge in [0.25, 0.3) is 0 Å². The number of fused-ring (bicyclic) bond motifs is 2. The van der Waals surface area contributed by atoms with Crippen LogP contribution in [0.15, 0.2) is 0 Å². The van der Waals surface area contributed by atoms with Gasteiger partial charge >= 0.3 is 0 Å². The van der Waals surface area contributed by atoms with Crippen molar-refractivity contribution >= 4 is 0 Å². The second kappa shape index (κ2) is 4.00. The van der Waals surface area contributed by atoms with E-state index < -0.39 is 0 Å². The summed E-state index contributed by atoms with van der Waals surface area (Å²) in [6.45, 7) is 2.30. The lowest BCUT2D eigenvalue weighted by molar-refractivity contribution is 0.297. The van der Waals surface area contributed by atoms with Crippen LogP contribution in [0.5, 0.6) is 0 Å². The summed E-state index contributed by atoms with van der Waals surface area (Å²) in [5.74, 6) is 3.34. The van der Waals surface area contributed by atoms with E-state index in [-0.39, 0.29) is 0 Å². The summed E-state index contributed by atoms with van der Waals surface area (Å²) >= 11 is 0. The molecule has 0 aliphatic heterocycles. The van der Waals surface area contributed by atoms with E-state index in [1.165, 1.54) is 12.8 Å². The van der Waals surface area contributed by atoms with Gasteiger partial charge in [-0.15, -0.1) is 0 Å².